The molecule has 0 aromatic carbocycles. The van der Waals surface area contributed by atoms with Crippen molar-refractivity contribution in [1.29, 1.82) is 0 Å². The van der Waals surface area contributed by atoms with Crippen LogP contribution in [-0.2, 0) is 0 Å². The number of rotatable bonds is 1. The maximum Gasteiger partial charge on any atom is 0.191 e. The predicted octanol–water partition coefficient (Wildman–Crippen LogP) is -0.445. The number of guanidine groups is 1. The second-order valence-electron chi connectivity index (χ2n) is 1.69. The topological polar surface area (TPSA) is 36.4 Å². The average molecular weight is 113 g/mol. The van der Waals surface area contributed by atoms with Gasteiger partial charge in [0.15, 0.2) is 5.96 Å². The highest BCUT2D eigenvalue weighted by atomic mass is 15.2. The Labute approximate surface area is 49.2 Å². The molecule has 1 heterocycles. The van der Waals surface area contributed by atoms with E-state index < -0.39 is 0 Å². The smallest absolute Gasteiger partial charge is 0.191 e. The molecule has 0 aromatic heterocycles. The van der Waals surface area contributed by atoms with Crippen molar-refractivity contribution in [2.75, 3.05) is 19.6 Å². The number of nitrogens with zero attached hydrogens (tertiary/aromatic N) is 1. The van der Waals surface area contributed by atoms with E-state index in [9.17, 15) is 0 Å². The molecule has 0 unspecified atom stereocenters. The molecule has 46 valence electrons. The summed E-state index contributed by atoms with van der Waals surface area (Å²) < 4.78 is 0. The molecule has 0 radical (unpaired) electrons. The van der Waals surface area contributed by atoms with Gasteiger partial charge in [0, 0.05) is 13.1 Å². The lowest BCUT2D eigenvalue weighted by Crippen LogP contribution is -2.33. The summed E-state index contributed by atoms with van der Waals surface area (Å²) in [5.74, 6) is 0.951. The van der Waals surface area contributed by atoms with Crippen molar-refractivity contribution in [2.24, 2.45) is 4.99 Å². The zero-order chi connectivity index (χ0) is 5.82. The molecule has 0 spiro atoms. The summed E-state index contributed by atoms with van der Waals surface area (Å²) in [6.45, 7) is 4.92. The molecule has 0 saturated carbocycles. The van der Waals surface area contributed by atoms with E-state index in [1.54, 1.807) is 0 Å². The van der Waals surface area contributed by atoms with E-state index in [0.29, 0.717) is 0 Å². The molecule has 0 saturated heterocycles. The van der Waals surface area contributed by atoms with Crippen molar-refractivity contribution in [3.8, 4) is 0 Å². The van der Waals surface area contributed by atoms with Gasteiger partial charge in [0.1, 0.15) is 0 Å². The fraction of sp³-hybridized carbons (Fsp3) is 0.800. The van der Waals surface area contributed by atoms with Crippen LogP contribution in [0.1, 0.15) is 6.92 Å². The van der Waals surface area contributed by atoms with E-state index >= 15 is 0 Å². The summed E-state index contributed by atoms with van der Waals surface area (Å²) >= 11 is 0. The van der Waals surface area contributed by atoms with Crippen LogP contribution in [0.25, 0.3) is 0 Å². The van der Waals surface area contributed by atoms with Crippen LogP contribution in [0.4, 0.5) is 0 Å². The Morgan fingerprint density at radius 3 is 3.25 bits per heavy atom. The molecule has 0 aromatic rings. The lowest BCUT2D eigenvalue weighted by Gasteiger charge is -1.99. The number of hydrogen-bond acceptors (Lipinski definition) is 3. The van der Waals surface area contributed by atoms with E-state index in [-0.39, 0.29) is 0 Å². The molecular weight excluding hydrogens is 102 g/mol. The van der Waals surface area contributed by atoms with E-state index in [2.05, 4.69) is 22.5 Å². The fourth-order valence-corrected chi connectivity index (χ4v) is 0.684. The highest BCUT2D eigenvalue weighted by molar-refractivity contribution is 5.81. The van der Waals surface area contributed by atoms with Gasteiger partial charge < -0.3 is 10.6 Å². The minimum Gasteiger partial charge on any atom is -0.357 e. The SMILES string of the molecule is CCNC1=NCCN1. The van der Waals surface area contributed by atoms with Crippen molar-refractivity contribution >= 4 is 5.96 Å². The standard InChI is InChI=1S/C5H11N3/c1-2-6-5-7-3-4-8-5/h2-4H2,1H3,(H2,6,7,8). The molecule has 0 amide bonds. The summed E-state index contributed by atoms with van der Waals surface area (Å²) in [5, 5.41) is 6.18. The summed E-state index contributed by atoms with van der Waals surface area (Å²) in [6.07, 6.45) is 0. The Kier molecular flexibility index (Phi) is 1.72. The largest absolute Gasteiger partial charge is 0.357 e. The summed E-state index contributed by atoms with van der Waals surface area (Å²) in [5.41, 5.74) is 0. The lowest BCUT2D eigenvalue weighted by molar-refractivity contribution is 0.898. The van der Waals surface area contributed by atoms with Crippen molar-refractivity contribution < 1.29 is 0 Å². The molecule has 0 aliphatic carbocycles. The fourth-order valence-electron chi connectivity index (χ4n) is 0.684. The Hall–Kier alpha value is -0.730. The zero-order valence-electron chi connectivity index (χ0n) is 5.07. The van der Waals surface area contributed by atoms with Gasteiger partial charge in [-0.05, 0) is 6.92 Å². The molecular formula is C5H11N3. The maximum atomic E-state index is 4.12. The van der Waals surface area contributed by atoms with Gasteiger partial charge in [0.2, 0.25) is 0 Å². The third-order valence-electron chi connectivity index (χ3n) is 1.02. The van der Waals surface area contributed by atoms with Crippen molar-refractivity contribution in [3.63, 3.8) is 0 Å². The van der Waals surface area contributed by atoms with Crippen molar-refractivity contribution in [2.45, 2.75) is 6.92 Å². The number of nitrogens with one attached hydrogen (secondary N) is 2. The molecule has 0 fully saturated rings. The van der Waals surface area contributed by atoms with Crippen molar-refractivity contribution in [1.82, 2.24) is 10.6 Å². The number of hydrogen-bond donors (Lipinski definition) is 2. The molecule has 8 heavy (non-hydrogen) atoms. The molecule has 1 aliphatic heterocycles. The summed E-state index contributed by atoms with van der Waals surface area (Å²) in [7, 11) is 0. The first kappa shape index (κ1) is 5.41. The average Bonchev–Trinajstić information content (AvgIpc) is 2.19. The second-order valence-corrected chi connectivity index (χ2v) is 1.69. The summed E-state index contributed by atoms with van der Waals surface area (Å²) in [6, 6.07) is 0. The van der Waals surface area contributed by atoms with Gasteiger partial charge in [0.25, 0.3) is 0 Å². The van der Waals surface area contributed by atoms with Crippen LogP contribution in [-0.4, -0.2) is 25.6 Å². The first-order valence-corrected chi connectivity index (χ1v) is 2.95. The lowest BCUT2D eigenvalue weighted by atomic mass is 10.7. The van der Waals surface area contributed by atoms with Crippen LogP contribution in [0.15, 0.2) is 4.99 Å². The predicted molar refractivity (Wildman–Crippen MR) is 34.0 cm³/mol. The first-order chi connectivity index (χ1) is 3.93. The third kappa shape index (κ3) is 1.12. The molecule has 0 atom stereocenters. The monoisotopic (exact) mass is 113 g/mol. The molecule has 2 N–H and O–H groups in total. The molecule has 3 heteroatoms. The molecule has 1 rings (SSSR count). The van der Waals surface area contributed by atoms with Crippen molar-refractivity contribution in [3.05, 3.63) is 0 Å². The van der Waals surface area contributed by atoms with Crippen LogP contribution in [0, 0.1) is 0 Å². The van der Waals surface area contributed by atoms with Gasteiger partial charge in [-0.3, -0.25) is 4.99 Å². The van der Waals surface area contributed by atoms with Gasteiger partial charge in [0.05, 0.1) is 6.54 Å². The summed E-state index contributed by atoms with van der Waals surface area (Å²) in [4.78, 5) is 4.12. The van der Waals surface area contributed by atoms with Gasteiger partial charge in [-0.25, -0.2) is 0 Å². The zero-order valence-corrected chi connectivity index (χ0v) is 5.07. The van der Waals surface area contributed by atoms with Crippen LogP contribution in [0.5, 0.6) is 0 Å². The highest BCUT2D eigenvalue weighted by Crippen LogP contribution is 1.78. The van der Waals surface area contributed by atoms with Crippen LogP contribution >= 0.6 is 0 Å². The van der Waals surface area contributed by atoms with E-state index in [0.717, 1.165) is 25.6 Å². The highest BCUT2D eigenvalue weighted by Gasteiger charge is 1.99. The van der Waals surface area contributed by atoms with Gasteiger partial charge in [-0.1, -0.05) is 0 Å². The third-order valence-corrected chi connectivity index (χ3v) is 1.02. The van der Waals surface area contributed by atoms with E-state index in [4.69, 9.17) is 0 Å². The second kappa shape index (κ2) is 2.55. The minimum absolute atomic E-state index is 0.919. The Morgan fingerprint density at radius 2 is 2.75 bits per heavy atom. The van der Waals surface area contributed by atoms with Crippen LogP contribution in [0.3, 0.4) is 0 Å². The Morgan fingerprint density at radius 1 is 1.88 bits per heavy atom. The normalized spacial score (nSPS) is 17.4. The van der Waals surface area contributed by atoms with Crippen LogP contribution < -0.4 is 10.6 Å². The Balaban J connectivity index is 2.23. The van der Waals surface area contributed by atoms with Gasteiger partial charge in [-0.2, -0.15) is 0 Å². The molecule has 3 nitrogen and oxygen atoms in total. The quantitative estimate of drug-likeness (QED) is 0.483. The van der Waals surface area contributed by atoms with Gasteiger partial charge >= 0.3 is 0 Å². The number of aliphatic imine (C=N–C) groups is 1. The minimum atomic E-state index is 0.919. The Bertz CT molecular complexity index is 97.8. The first-order valence-electron chi connectivity index (χ1n) is 2.95. The van der Waals surface area contributed by atoms with Gasteiger partial charge in [-0.15, -0.1) is 0 Å². The molecule has 1 aliphatic rings. The van der Waals surface area contributed by atoms with E-state index in [1.165, 1.54) is 0 Å². The van der Waals surface area contributed by atoms with Crippen LogP contribution in [0.2, 0.25) is 0 Å². The van der Waals surface area contributed by atoms with E-state index in [1.807, 2.05) is 0 Å². The maximum absolute atomic E-state index is 4.12. The molecule has 0 bridgehead atoms.